The molecule has 0 aliphatic heterocycles. The summed E-state index contributed by atoms with van der Waals surface area (Å²) in [6, 6.07) is 2.02. The normalized spacial score (nSPS) is 9.69. The van der Waals surface area contributed by atoms with Crippen LogP contribution in [-0.2, 0) is 6.61 Å². The number of aliphatic hydroxyl groups is 1. The predicted octanol–water partition coefficient (Wildman–Crippen LogP) is 1.73. The van der Waals surface area contributed by atoms with Crippen molar-refractivity contribution in [2.24, 2.45) is 0 Å². The van der Waals surface area contributed by atoms with Crippen molar-refractivity contribution in [3.63, 3.8) is 0 Å². The molecule has 0 aliphatic rings. The van der Waals surface area contributed by atoms with E-state index in [2.05, 4.69) is 4.98 Å². The van der Waals surface area contributed by atoms with E-state index in [9.17, 15) is 0 Å². The fourth-order valence-corrected chi connectivity index (χ4v) is 1.65. The second-order valence-corrected chi connectivity index (χ2v) is 3.24. The Morgan fingerprint density at radius 1 is 1.46 bits per heavy atom. The topological polar surface area (TPSA) is 59.8 Å². The van der Waals surface area contributed by atoms with Crippen LogP contribution in [0.3, 0.4) is 0 Å². The lowest BCUT2D eigenvalue weighted by atomic mass is 10.1. The fraction of sp³-hybridized carbons (Fsp3) is 0.333. The van der Waals surface area contributed by atoms with Crippen LogP contribution in [0.4, 0.5) is 0 Å². The van der Waals surface area contributed by atoms with Gasteiger partial charge in [-0.05, 0) is 13.8 Å². The average Bonchev–Trinajstić information content (AvgIpc) is 2.04. The van der Waals surface area contributed by atoms with Crippen LogP contribution >= 0.6 is 12.2 Å². The summed E-state index contributed by atoms with van der Waals surface area (Å²) < 4.78 is 0.457. The quantitative estimate of drug-likeness (QED) is 0.669. The van der Waals surface area contributed by atoms with Gasteiger partial charge < -0.3 is 10.1 Å². The zero-order valence-electron chi connectivity index (χ0n) is 7.51. The van der Waals surface area contributed by atoms with Crippen molar-refractivity contribution < 1.29 is 5.11 Å². The summed E-state index contributed by atoms with van der Waals surface area (Å²) in [7, 11) is 0. The summed E-state index contributed by atoms with van der Waals surface area (Å²) in [6.45, 7) is 3.49. The van der Waals surface area contributed by atoms with Gasteiger partial charge in [-0.25, -0.2) is 0 Å². The predicted molar refractivity (Wildman–Crippen MR) is 51.7 cm³/mol. The van der Waals surface area contributed by atoms with E-state index in [1.54, 1.807) is 6.92 Å². The first-order valence-electron chi connectivity index (χ1n) is 3.85. The SMILES string of the molecule is Cc1[nH]c(C)c(CO)c(=S)c1C#N. The van der Waals surface area contributed by atoms with Crippen LogP contribution in [0.15, 0.2) is 0 Å². The first-order chi connectivity index (χ1) is 6.11. The highest BCUT2D eigenvalue weighted by Gasteiger charge is 2.07. The number of aryl methyl sites for hydroxylation is 2. The van der Waals surface area contributed by atoms with Crippen molar-refractivity contribution in [2.75, 3.05) is 0 Å². The van der Waals surface area contributed by atoms with Crippen molar-refractivity contribution in [1.29, 1.82) is 5.26 Å². The van der Waals surface area contributed by atoms with E-state index in [1.807, 2.05) is 13.0 Å². The summed E-state index contributed by atoms with van der Waals surface area (Å²) in [4.78, 5) is 3.00. The number of nitrogens with zero attached hydrogens (tertiary/aromatic N) is 1. The Hall–Kier alpha value is -1.18. The van der Waals surface area contributed by atoms with Gasteiger partial charge in [-0.3, -0.25) is 0 Å². The number of rotatable bonds is 1. The molecule has 0 bridgehead atoms. The molecule has 1 rings (SSSR count). The Morgan fingerprint density at radius 2 is 2.08 bits per heavy atom. The van der Waals surface area contributed by atoms with Crippen LogP contribution in [-0.4, -0.2) is 10.1 Å². The minimum absolute atomic E-state index is 0.129. The summed E-state index contributed by atoms with van der Waals surface area (Å²) in [5.41, 5.74) is 2.66. The third-order valence-electron chi connectivity index (χ3n) is 1.97. The van der Waals surface area contributed by atoms with Crippen LogP contribution in [0.1, 0.15) is 22.5 Å². The van der Waals surface area contributed by atoms with Crippen LogP contribution < -0.4 is 0 Å². The van der Waals surface area contributed by atoms with E-state index in [4.69, 9.17) is 22.6 Å². The van der Waals surface area contributed by atoms with Gasteiger partial charge in [0.1, 0.15) is 6.07 Å². The Kier molecular flexibility index (Phi) is 2.81. The van der Waals surface area contributed by atoms with E-state index in [0.29, 0.717) is 15.6 Å². The summed E-state index contributed by atoms with van der Waals surface area (Å²) in [5.74, 6) is 0. The molecule has 1 aromatic rings. The van der Waals surface area contributed by atoms with Crippen LogP contribution in [0.2, 0.25) is 0 Å². The minimum atomic E-state index is -0.129. The van der Waals surface area contributed by atoms with Gasteiger partial charge in [-0.15, -0.1) is 0 Å². The van der Waals surface area contributed by atoms with Crippen molar-refractivity contribution in [3.05, 3.63) is 27.0 Å². The molecule has 0 aromatic carbocycles. The summed E-state index contributed by atoms with van der Waals surface area (Å²) in [5, 5.41) is 17.8. The van der Waals surface area contributed by atoms with Gasteiger partial charge in [0.15, 0.2) is 0 Å². The van der Waals surface area contributed by atoms with Gasteiger partial charge in [-0.2, -0.15) is 5.26 Å². The minimum Gasteiger partial charge on any atom is -0.392 e. The van der Waals surface area contributed by atoms with Gasteiger partial charge in [0.05, 0.1) is 16.7 Å². The zero-order chi connectivity index (χ0) is 10.0. The van der Waals surface area contributed by atoms with E-state index in [-0.39, 0.29) is 6.61 Å². The van der Waals surface area contributed by atoms with Crippen molar-refractivity contribution in [2.45, 2.75) is 20.5 Å². The second-order valence-electron chi connectivity index (χ2n) is 2.83. The molecular weight excluding hydrogens is 184 g/mol. The molecule has 4 heteroatoms. The van der Waals surface area contributed by atoms with Crippen LogP contribution in [0.5, 0.6) is 0 Å². The number of aromatic nitrogens is 1. The summed E-state index contributed by atoms with van der Waals surface area (Å²) in [6.07, 6.45) is 0. The maximum atomic E-state index is 9.01. The number of aliphatic hydroxyl groups excluding tert-OH is 1. The Bertz CT molecular complexity index is 428. The monoisotopic (exact) mass is 194 g/mol. The van der Waals surface area contributed by atoms with Gasteiger partial charge in [0.25, 0.3) is 0 Å². The number of H-pyrrole nitrogens is 1. The first-order valence-corrected chi connectivity index (χ1v) is 4.26. The number of pyridine rings is 1. The highest BCUT2D eigenvalue weighted by atomic mass is 32.1. The van der Waals surface area contributed by atoms with E-state index >= 15 is 0 Å². The Morgan fingerprint density at radius 3 is 2.54 bits per heavy atom. The van der Waals surface area contributed by atoms with Crippen LogP contribution in [0.25, 0.3) is 0 Å². The smallest absolute Gasteiger partial charge is 0.102 e. The molecule has 13 heavy (non-hydrogen) atoms. The van der Waals surface area contributed by atoms with Gasteiger partial charge >= 0.3 is 0 Å². The molecular formula is C9H10N2OS. The third kappa shape index (κ3) is 1.62. The molecule has 0 unspecified atom stereocenters. The molecule has 0 fully saturated rings. The van der Waals surface area contributed by atoms with E-state index in [0.717, 1.165) is 11.4 Å². The van der Waals surface area contributed by atoms with Gasteiger partial charge in [0.2, 0.25) is 0 Å². The molecule has 0 saturated carbocycles. The van der Waals surface area contributed by atoms with Gasteiger partial charge in [-0.1, -0.05) is 12.2 Å². The van der Waals surface area contributed by atoms with Crippen molar-refractivity contribution in [3.8, 4) is 6.07 Å². The molecule has 1 heterocycles. The molecule has 0 atom stereocenters. The molecule has 0 aliphatic carbocycles. The Balaban J connectivity index is 3.61. The van der Waals surface area contributed by atoms with Crippen molar-refractivity contribution in [1.82, 2.24) is 4.98 Å². The summed E-state index contributed by atoms with van der Waals surface area (Å²) >= 11 is 5.06. The highest BCUT2D eigenvalue weighted by Crippen LogP contribution is 2.14. The lowest BCUT2D eigenvalue weighted by Crippen LogP contribution is -2.00. The molecule has 0 saturated heterocycles. The van der Waals surface area contributed by atoms with E-state index in [1.165, 1.54) is 0 Å². The average molecular weight is 194 g/mol. The lowest BCUT2D eigenvalue weighted by Gasteiger charge is -2.06. The molecule has 2 N–H and O–H groups in total. The van der Waals surface area contributed by atoms with Crippen molar-refractivity contribution >= 4 is 12.2 Å². The van der Waals surface area contributed by atoms with Crippen LogP contribution in [0, 0.1) is 29.7 Å². The largest absolute Gasteiger partial charge is 0.392 e. The molecule has 0 radical (unpaired) electrons. The van der Waals surface area contributed by atoms with E-state index < -0.39 is 0 Å². The lowest BCUT2D eigenvalue weighted by molar-refractivity contribution is 0.280. The molecule has 3 nitrogen and oxygen atoms in total. The molecule has 1 aromatic heterocycles. The standard InChI is InChI=1S/C9H10N2OS/c1-5-7(3-10)9(13)8(4-12)6(2)11-5/h12H,4H2,1-2H3,(H,11,13). The Labute approximate surface area is 81.7 Å². The maximum Gasteiger partial charge on any atom is 0.102 e. The molecule has 68 valence electrons. The first kappa shape index (κ1) is 9.90. The number of nitrogens with one attached hydrogen (secondary N) is 1. The third-order valence-corrected chi connectivity index (χ3v) is 2.42. The number of hydrogen-bond acceptors (Lipinski definition) is 3. The molecule has 0 amide bonds. The molecule has 0 spiro atoms. The zero-order valence-corrected chi connectivity index (χ0v) is 8.33. The maximum absolute atomic E-state index is 9.01. The second kappa shape index (κ2) is 3.69. The van der Waals surface area contributed by atoms with Gasteiger partial charge in [0, 0.05) is 17.0 Å². The highest BCUT2D eigenvalue weighted by molar-refractivity contribution is 7.71. The fourth-order valence-electron chi connectivity index (χ4n) is 1.24. The number of aromatic amines is 1. The number of hydrogen-bond donors (Lipinski definition) is 2. The number of nitriles is 1.